The van der Waals surface area contributed by atoms with Crippen LogP contribution in [0.3, 0.4) is 0 Å². The van der Waals surface area contributed by atoms with E-state index in [9.17, 15) is 19.5 Å². The monoisotopic (exact) mass is 849 g/mol. The van der Waals surface area contributed by atoms with Gasteiger partial charge in [-0.15, -0.1) is 0 Å². The van der Waals surface area contributed by atoms with E-state index in [2.05, 4.69) is 123 Å². The lowest BCUT2D eigenvalue weighted by molar-refractivity contribution is -0.887. The summed E-state index contributed by atoms with van der Waals surface area (Å²) in [4.78, 5) is 37.0. The largest absolute Gasteiger partial charge is 0.477 e. The summed E-state index contributed by atoms with van der Waals surface area (Å²) in [7, 11) is 5.49. The molecule has 8 heteroatoms. The second-order valence-electron chi connectivity index (χ2n) is 16.3. The van der Waals surface area contributed by atoms with Crippen LogP contribution in [0, 0.1) is 0 Å². The number of allylic oxidation sites excluding steroid dienone is 18. The number of hydrogen-bond donors (Lipinski definition) is 1. The Kier molecular flexibility index (Phi) is 39.9. The molecule has 0 fully saturated rings. The van der Waals surface area contributed by atoms with Gasteiger partial charge in [-0.2, -0.15) is 0 Å². The molecular formula is C53H86NO7+. The Hall–Kier alpha value is -4.01. The maximum absolute atomic E-state index is 12.8. The highest BCUT2D eigenvalue weighted by molar-refractivity contribution is 5.72. The molecule has 0 heterocycles. The maximum Gasteiger partial charge on any atom is 0.362 e. The van der Waals surface area contributed by atoms with Crippen LogP contribution < -0.4 is 0 Å². The molecule has 0 aromatic carbocycles. The molecular weight excluding hydrogens is 763 g/mol. The number of ether oxygens (including phenoxy) is 3. The van der Waals surface area contributed by atoms with Crippen molar-refractivity contribution in [3.63, 3.8) is 0 Å². The van der Waals surface area contributed by atoms with Crippen LogP contribution in [0.4, 0.5) is 0 Å². The zero-order valence-corrected chi connectivity index (χ0v) is 39.1. The van der Waals surface area contributed by atoms with Gasteiger partial charge in [-0.05, 0) is 96.3 Å². The fourth-order valence-electron chi connectivity index (χ4n) is 6.05. The number of unbranched alkanes of at least 4 members (excludes halogenated alkanes) is 8. The number of carboxylic acids is 1. The van der Waals surface area contributed by atoms with Crippen molar-refractivity contribution in [1.29, 1.82) is 0 Å². The molecule has 0 aromatic rings. The number of rotatable bonds is 40. The van der Waals surface area contributed by atoms with Crippen molar-refractivity contribution in [2.45, 2.75) is 167 Å². The fourth-order valence-corrected chi connectivity index (χ4v) is 6.05. The number of carbonyl (C=O) groups is 3. The van der Waals surface area contributed by atoms with Crippen LogP contribution in [0.5, 0.6) is 0 Å². The minimum atomic E-state index is -0.892. The highest BCUT2D eigenvalue weighted by atomic mass is 16.6. The first kappa shape index (κ1) is 57.0. The Balaban J connectivity index is 4.48. The van der Waals surface area contributed by atoms with Gasteiger partial charge >= 0.3 is 17.9 Å². The normalized spacial score (nSPS) is 13.9. The predicted octanol–water partition coefficient (Wildman–Crippen LogP) is 13.2. The molecule has 0 aliphatic carbocycles. The average molecular weight is 849 g/mol. The standard InChI is InChI=1S/C53H85NO7/c1-6-8-10-12-14-16-18-20-22-24-25-26-28-30-32-34-36-38-40-42-44-52(56)61-49(47-59-46-45-50(53(57)58)54(3,4)5)48-60-51(55)43-41-39-37-35-33-31-29-27-23-21-19-17-15-13-11-9-7-2/h8,10,14-17,20-23,25-26,29-32,35,37,49-50H,6-7,9,11-13,18-19,24,27-28,33-34,36,38-48H2,1-5H3/p+1/b10-8+,16-14+,17-15+,22-20+,23-21+,26-25+,31-29+,32-30+,37-35+. The number of likely N-dealkylation sites (N-methyl/N-ethyl adjacent to an activating group) is 1. The van der Waals surface area contributed by atoms with E-state index in [4.69, 9.17) is 14.2 Å². The molecule has 0 aliphatic rings. The van der Waals surface area contributed by atoms with E-state index < -0.39 is 18.1 Å². The molecule has 0 aromatic heterocycles. The molecule has 344 valence electrons. The minimum Gasteiger partial charge on any atom is -0.477 e. The maximum atomic E-state index is 12.8. The van der Waals surface area contributed by atoms with Gasteiger partial charge in [0.15, 0.2) is 12.1 Å². The first-order valence-corrected chi connectivity index (χ1v) is 23.4. The summed E-state index contributed by atoms with van der Waals surface area (Å²) in [5.74, 6) is -1.59. The molecule has 0 saturated heterocycles. The fraction of sp³-hybridized carbons (Fsp3) is 0.604. The Labute approximate surface area is 372 Å². The number of esters is 2. The van der Waals surface area contributed by atoms with E-state index in [1.165, 1.54) is 25.7 Å². The van der Waals surface area contributed by atoms with E-state index >= 15 is 0 Å². The van der Waals surface area contributed by atoms with Crippen molar-refractivity contribution in [1.82, 2.24) is 0 Å². The van der Waals surface area contributed by atoms with Crippen LogP contribution in [-0.2, 0) is 28.6 Å². The molecule has 1 N–H and O–H groups in total. The van der Waals surface area contributed by atoms with Gasteiger partial charge in [0.05, 0.1) is 34.4 Å². The van der Waals surface area contributed by atoms with Gasteiger partial charge in [0.2, 0.25) is 0 Å². The van der Waals surface area contributed by atoms with Crippen molar-refractivity contribution < 1.29 is 38.2 Å². The molecule has 8 nitrogen and oxygen atoms in total. The van der Waals surface area contributed by atoms with E-state index in [-0.39, 0.29) is 49.1 Å². The van der Waals surface area contributed by atoms with Gasteiger partial charge in [-0.3, -0.25) is 9.59 Å². The lowest BCUT2D eigenvalue weighted by atomic mass is 10.1. The Morgan fingerprint density at radius 1 is 0.508 bits per heavy atom. The molecule has 0 saturated carbocycles. The topological polar surface area (TPSA) is 99.1 Å². The second kappa shape index (κ2) is 42.7. The molecule has 0 amide bonds. The number of carboxylic acid groups (broad SMARTS) is 1. The smallest absolute Gasteiger partial charge is 0.362 e. The van der Waals surface area contributed by atoms with E-state index in [0.29, 0.717) is 12.8 Å². The van der Waals surface area contributed by atoms with Crippen LogP contribution in [0.25, 0.3) is 0 Å². The Morgan fingerprint density at radius 3 is 1.39 bits per heavy atom. The third kappa shape index (κ3) is 41.1. The summed E-state index contributed by atoms with van der Waals surface area (Å²) in [5.41, 5.74) is 0. The van der Waals surface area contributed by atoms with E-state index in [1.54, 1.807) is 0 Å². The Morgan fingerprint density at radius 2 is 0.934 bits per heavy atom. The van der Waals surface area contributed by atoms with E-state index in [0.717, 1.165) is 89.9 Å². The van der Waals surface area contributed by atoms with Crippen molar-refractivity contribution in [2.75, 3.05) is 41.0 Å². The third-order valence-corrected chi connectivity index (χ3v) is 9.66. The van der Waals surface area contributed by atoms with Gasteiger partial charge in [-0.25, -0.2) is 4.79 Å². The molecule has 2 unspecified atom stereocenters. The molecule has 0 aliphatic heterocycles. The minimum absolute atomic E-state index is 0.0258. The molecule has 0 spiro atoms. The van der Waals surface area contributed by atoms with Crippen LogP contribution >= 0.6 is 0 Å². The summed E-state index contributed by atoms with van der Waals surface area (Å²) in [5, 5.41) is 9.63. The quantitative estimate of drug-likeness (QED) is 0.0284. The van der Waals surface area contributed by atoms with Gasteiger partial charge in [0.25, 0.3) is 0 Å². The summed E-state index contributed by atoms with van der Waals surface area (Å²) >= 11 is 0. The van der Waals surface area contributed by atoms with E-state index in [1.807, 2.05) is 21.1 Å². The summed E-state index contributed by atoms with van der Waals surface area (Å²) in [6, 6.07) is -0.635. The lowest BCUT2D eigenvalue weighted by Gasteiger charge is -2.31. The lowest BCUT2D eigenvalue weighted by Crippen LogP contribution is -2.50. The number of aliphatic carboxylic acids is 1. The van der Waals surface area contributed by atoms with Crippen molar-refractivity contribution in [3.8, 4) is 0 Å². The van der Waals surface area contributed by atoms with Gasteiger partial charge < -0.3 is 23.8 Å². The van der Waals surface area contributed by atoms with Gasteiger partial charge in [-0.1, -0.05) is 149 Å². The molecule has 2 atom stereocenters. The SMILES string of the molecule is CC/C=C/C/C=C/C/C=C/C/C=C/C/C=C/CCCCCCC(=O)OC(COCCC(C(=O)O)[N+](C)(C)C)COC(=O)CCC/C=C/C/C=C/C/C=C/C/C=C/CCCCC. The third-order valence-electron chi connectivity index (χ3n) is 9.66. The second-order valence-corrected chi connectivity index (χ2v) is 16.3. The van der Waals surface area contributed by atoms with Crippen LogP contribution in [-0.4, -0.2) is 80.6 Å². The highest BCUT2D eigenvalue weighted by Crippen LogP contribution is 2.12. The molecule has 0 bridgehead atoms. The van der Waals surface area contributed by atoms with Gasteiger partial charge in [0, 0.05) is 19.3 Å². The Bertz CT molecular complexity index is 1360. The van der Waals surface area contributed by atoms with Gasteiger partial charge in [0.1, 0.15) is 6.61 Å². The number of quaternary nitrogens is 1. The predicted molar refractivity (Wildman–Crippen MR) is 256 cm³/mol. The van der Waals surface area contributed by atoms with Crippen molar-refractivity contribution >= 4 is 17.9 Å². The summed E-state index contributed by atoms with van der Waals surface area (Å²) in [6.07, 6.45) is 58.5. The number of hydrogen-bond acceptors (Lipinski definition) is 6. The zero-order valence-electron chi connectivity index (χ0n) is 39.1. The summed E-state index contributed by atoms with van der Waals surface area (Å²) in [6.45, 7) is 4.49. The van der Waals surface area contributed by atoms with Crippen molar-refractivity contribution in [3.05, 3.63) is 109 Å². The van der Waals surface area contributed by atoms with Crippen molar-refractivity contribution in [2.24, 2.45) is 0 Å². The molecule has 61 heavy (non-hydrogen) atoms. The van der Waals surface area contributed by atoms with Crippen LogP contribution in [0.1, 0.15) is 155 Å². The first-order valence-electron chi connectivity index (χ1n) is 23.4. The number of nitrogens with zero attached hydrogens (tertiary/aromatic N) is 1. The van der Waals surface area contributed by atoms with Crippen LogP contribution in [0.2, 0.25) is 0 Å². The average Bonchev–Trinajstić information content (AvgIpc) is 3.22. The first-order chi connectivity index (χ1) is 29.6. The highest BCUT2D eigenvalue weighted by Gasteiger charge is 2.31. The summed E-state index contributed by atoms with van der Waals surface area (Å²) < 4.78 is 17.2. The van der Waals surface area contributed by atoms with Crippen LogP contribution in [0.15, 0.2) is 109 Å². The number of carbonyl (C=O) groups excluding carboxylic acids is 2. The zero-order chi connectivity index (χ0) is 44.9. The molecule has 0 radical (unpaired) electrons. The molecule has 0 rings (SSSR count).